The van der Waals surface area contributed by atoms with Crippen LogP contribution in [-0.4, -0.2) is 4.57 Å². The Morgan fingerprint density at radius 1 is 0.537 bits per heavy atom. The van der Waals surface area contributed by atoms with E-state index in [1.165, 1.54) is 44.1 Å². The average molecular weight is 526 g/mol. The number of fused-ring (bicyclic) bond motifs is 10. The average Bonchev–Trinajstić information content (AvgIpc) is 3.63. The summed E-state index contributed by atoms with van der Waals surface area (Å²) in [6, 6.07) is 46.0. The number of nitrogens with zero attached hydrogens (tertiary/aromatic N) is 1. The van der Waals surface area contributed by atoms with E-state index in [4.69, 9.17) is 4.42 Å². The van der Waals surface area contributed by atoms with Gasteiger partial charge in [-0.15, -0.1) is 0 Å². The maximum atomic E-state index is 6.34. The Kier molecular flexibility index (Phi) is 4.42. The molecule has 1 aliphatic rings. The smallest absolute Gasteiger partial charge is 0.143 e. The Balaban J connectivity index is 1.26. The lowest BCUT2D eigenvalue weighted by Crippen LogP contribution is -2.15. The number of aromatic nitrogens is 1. The van der Waals surface area contributed by atoms with Crippen molar-refractivity contribution in [2.75, 3.05) is 0 Å². The number of para-hydroxylation sites is 3. The van der Waals surface area contributed by atoms with Crippen LogP contribution in [0.3, 0.4) is 0 Å². The van der Waals surface area contributed by atoms with Gasteiger partial charge in [-0.05, 0) is 58.1 Å². The Labute approximate surface area is 238 Å². The third kappa shape index (κ3) is 2.97. The molecule has 0 amide bonds. The van der Waals surface area contributed by atoms with E-state index < -0.39 is 0 Å². The molecule has 0 spiro atoms. The van der Waals surface area contributed by atoms with Gasteiger partial charge in [0.15, 0.2) is 0 Å². The lowest BCUT2D eigenvalue weighted by Gasteiger charge is -2.22. The Hall–Kier alpha value is -5.08. The van der Waals surface area contributed by atoms with Gasteiger partial charge in [0.05, 0.1) is 11.0 Å². The van der Waals surface area contributed by atoms with E-state index in [9.17, 15) is 0 Å². The molecular formula is C39H27NO. The van der Waals surface area contributed by atoms with Gasteiger partial charge >= 0.3 is 0 Å². The van der Waals surface area contributed by atoms with Crippen LogP contribution in [0.5, 0.6) is 0 Å². The van der Waals surface area contributed by atoms with Crippen molar-refractivity contribution in [3.8, 4) is 27.9 Å². The predicted molar refractivity (Wildman–Crippen MR) is 171 cm³/mol. The summed E-state index contributed by atoms with van der Waals surface area (Å²) >= 11 is 0. The van der Waals surface area contributed by atoms with E-state index in [2.05, 4.69) is 134 Å². The van der Waals surface area contributed by atoms with E-state index >= 15 is 0 Å². The van der Waals surface area contributed by atoms with Crippen molar-refractivity contribution >= 4 is 43.7 Å². The number of benzene rings is 6. The first kappa shape index (κ1) is 22.7. The number of hydrogen-bond donors (Lipinski definition) is 0. The third-order valence-corrected chi connectivity index (χ3v) is 9.19. The second-order valence-electron chi connectivity index (χ2n) is 11.7. The van der Waals surface area contributed by atoms with Crippen LogP contribution in [0.1, 0.15) is 25.0 Å². The van der Waals surface area contributed by atoms with E-state index in [1.807, 2.05) is 12.1 Å². The van der Waals surface area contributed by atoms with Gasteiger partial charge in [0.2, 0.25) is 0 Å². The molecule has 2 heterocycles. The van der Waals surface area contributed by atoms with Gasteiger partial charge < -0.3 is 8.98 Å². The summed E-state index contributed by atoms with van der Waals surface area (Å²) in [5.41, 5.74) is 13.2. The summed E-state index contributed by atoms with van der Waals surface area (Å²) in [6.45, 7) is 4.74. The second kappa shape index (κ2) is 7.99. The summed E-state index contributed by atoms with van der Waals surface area (Å²) in [4.78, 5) is 0. The molecule has 0 unspecified atom stereocenters. The fraction of sp³-hybridized carbons (Fsp3) is 0.0769. The Bertz CT molecular complexity index is 2330. The van der Waals surface area contributed by atoms with Crippen LogP contribution in [0.15, 0.2) is 132 Å². The summed E-state index contributed by atoms with van der Waals surface area (Å²) in [7, 11) is 0. The van der Waals surface area contributed by atoms with Crippen molar-refractivity contribution in [1.29, 1.82) is 0 Å². The highest BCUT2D eigenvalue weighted by molar-refractivity contribution is 6.14. The molecule has 0 bridgehead atoms. The SMILES string of the molecule is CC1(C)c2ccccc2-c2ccc3c(c21)c1ccccc1n3-c1ccc(-c2cccc3c2oc2ccccc23)cc1. The molecule has 0 aliphatic heterocycles. The topological polar surface area (TPSA) is 18.1 Å². The van der Waals surface area contributed by atoms with Crippen molar-refractivity contribution in [3.63, 3.8) is 0 Å². The van der Waals surface area contributed by atoms with Gasteiger partial charge in [-0.1, -0.05) is 111 Å². The maximum absolute atomic E-state index is 6.34. The molecule has 0 atom stereocenters. The summed E-state index contributed by atoms with van der Waals surface area (Å²) < 4.78 is 8.77. The van der Waals surface area contributed by atoms with E-state index in [-0.39, 0.29) is 5.41 Å². The van der Waals surface area contributed by atoms with Crippen LogP contribution in [0.25, 0.3) is 71.7 Å². The van der Waals surface area contributed by atoms with Gasteiger partial charge in [-0.25, -0.2) is 0 Å². The fourth-order valence-corrected chi connectivity index (χ4v) is 7.37. The Morgan fingerprint density at radius 2 is 1.24 bits per heavy atom. The van der Waals surface area contributed by atoms with Gasteiger partial charge in [0.1, 0.15) is 11.2 Å². The van der Waals surface area contributed by atoms with E-state index in [0.29, 0.717) is 0 Å². The van der Waals surface area contributed by atoms with Crippen LogP contribution in [0.2, 0.25) is 0 Å². The van der Waals surface area contributed by atoms with Gasteiger partial charge in [-0.2, -0.15) is 0 Å². The Morgan fingerprint density at radius 3 is 2.12 bits per heavy atom. The molecule has 0 fully saturated rings. The lowest BCUT2D eigenvalue weighted by molar-refractivity contribution is 0.666. The molecule has 6 aromatic carbocycles. The van der Waals surface area contributed by atoms with Gasteiger partial charge in [-0.3, -0.25) is 0 Å². The predicted octanol–water partition coefficient (Wildman–Crippen LogP) is 10.7. The highest BCUT2D eigenvalue weighted by atomic mass is 16.3. The number of hydrogen-bond acceptors (Lipinski definition) is 1. The molecular weight excluding hydrogens is 498 g/mol. The first-order valence-corrected chi connectivity index (χ1v) is 14.3. The van der Waals surface area contributed by atoms with Gasteiger partial charge in [0.25, 0.3) is 0 Å². The minimum Gasteiger partial charge on any atom is -0.455 e. The second-order valence-corrected chi connectivity index (χ2v) is 11.7. The zero-order chi connectivity index (χ0) is 27.3. The molecule has 8 aromatic rings. The van der Waals surface area contributed by atoms with Crippen LogP contribution in [0, 0.1) is 0 Å². The molecule has 0 saturated heterocycles. The van der Waals surface area contributed by atoms with Crippen LogP contribution in [0.4, 0.5) is 0 Å². The monoisotopic (exact) mass is 525 g/mol. The van der Waals surface area contributed by atoms with Crippen molar-refractivity contribution in [2.24, 2.45) is 0 Å². The van der Waals surface area contributed by atoms with E-state index in [1.54, 1.807) is 0 Å². The minimum absolute atomic E-state index is 0.0739. The largest absolute Gasteiger partial charge is 0.455 e. The molecule has 2 heteroatoms. The van der Waals surface area contributed by atoms with Crippen LogP contribution < -0.4 is 0 Å². The molecule has 1 aliphatic carbocycles. The van der Waals surface area contributed by atoms with Crippen molar-refractivity contribution in [3.05, 3.63) is 139 Å². The highest BCUT2D eigenvalue weighted by Gasteiger charge is 2.37. The molecule has 9 rings (SSSR count). The number of furan rings is 1. The zero-order valence-corrected chi connectivity index (χ0v) is 23.0. The molecule has 0 N–H and O–H groups in total. The van der Waals surface area contributed by atoms with Crippen LogP contribution in [-0.2, 0) is 5.41 Å². The summed E-state index contributed by atoms with van der Waals surface area (Å²) in [5, 5.41) is 4.97. The quantitative estimate of drug-likeness (QED) is 0.219. The molecule has 2 nitrogen and oxygen atoms in total. The summed E-state index contributed by atoms with van der Waals surface area (Å²) in [6.07, 6.45) is 0. The molecule has 0 saturated carbocycles. The fourth-order valence-electron chi connectivity index (χ4n) is 7.37. The minimum atomic E-state index is -0.0739. The van der Waals surface area contributed by atoms with Crippen molar-refractivity contribution in [2.45, 2.75) is 19.3 Å². The van der Waals surface area contributed by atoms with Crippen molar-refractivity contribution < 1.29 is 4.42 Å². The molecule has 41 heavy (non-hydrogen) atoms. The third-order valence-electron chi connectivity index (χ3n) is 9.19. The van der Waals surface area contributed by atoms with E-state index in [0.717, 1.165) is 38.8 Å². The first-order chi connectivity index (χ1) is 20.1. The molecule has 194 valence electrons. The standard InChI is InChI=1S/C39H27NO/c1-39(2)32-15-6-3-10-27(32)29-22-23-34-36(37(29)39)31-12-4-7-16-33(31)40(34)25-20-18-24(19-21-25)26-13-9-14-30-28-11-5-8-17-35(28)41-38(26)30/h3-23H,1-2H3. The molecule has 0 radical (unpaired) electrons. The van der Waals surface area contributed by atoms with Crippen LogP contribution >= 0.6 is 0 Å². The highest BCUT2D eigenvalue weighted by Crippen LogP contribution is 2.53. The lowest BCUT2D eigenvalue weighted by atomic mass is 9.80. The summed E-state index contributed by atoms with van der Waals surface area (Å²) in [5.74, 6) is 0. The normalized spacial score (nSPS) is 13.8. The zero-order valence-electron chi connectivity index (χ0n) is 23.0. The maximum Gasteiger partial charge on any atom is 0.143 e. The first-order valence-electron chi connectivity index (χ1n) is 14.3. The number of rotatable bonds is 2. The molecule has 2 aromatic heterocycles. The van der Waals surface area contributed by atoms with Crippen molar-refractivity contribution in [1.82, 2.24) is 4.57 Å². The van der Waals surface area contributed by atoms with Gasteiger partial charge in [0, 0.05) is 38.2 Å².